The van der Waals surface area contributed by atoms with E-state index in [0.717, 1.165) is 5.56 Å². The van der Waals surface area contributed by atoms with Gasteiger partial charge in [-0.15, -0.1) is 0 Å². The molecule has 2 aromatic heterocycles. The average Bonchev–Trinajstić information content (AvgIpc) is 3.29. The third kappa shape index (κ3) is 2.97. The SMILES string of the molecule is Cc1cc(NC2=CC(c3ccc(Cl)cc3)N(c3cc(C)on3)C2=O)no1. The Labute approximate surface area is 154 Å². The molecule has 1 amide bonds. The summed E-state index contributed by atoms with van der Waals surface area (Å²) in [5.41, 5.74) is 1.29. The number of aryl methyl sites for hydroxylation is 2. The van der Waals surface area contributed by atoms with Gasteiger partial charge in [-0.05, 0) is 37.6 Å². The summed E-state index contributed by atoms with van der Waals surface area (Å²) in [6, 6.07) is 10.4. The number of amides is 1. The Morgan fingerprint density at radius 2 is 1.77 bits per heavy atom. The van der Waals surface area contributed by atoms with Crippen molar-refractivity contribution in [1.82, 2.24) is 10.3 Å². The van der Waals surface area contributed by atoms with Crippen molar-refractivity contribution in [2.45, 2.75) is 19.9 Å². The third-order valence-corrected chi connectivity index (χ3v) is 4.27. The molecule has 3 aromatic rings. The van der Waals surface area contributed by atoms with E-state index >= 15 is 0 Å². The molecule has 1 aliphatic rings. The van der Waals surface area contributed by atoms with E-state index < -0.39 is 0 Å². The zero-order valence-electron chi connectivity index (χ0n) is 14.1. The average molecular weight is 371 g/mol. The Morgan fingerprint density at radius 3 is 2.38 bits per heavy atom. The van der Waals surface area contributed by atoms with Crippen LogP contribution in [-0.2, 0) is 4.79 Å². The molecule has 0 fully saturated rings. The van der Waals surface area contributed by atoms with Gasteiger partial charge in [-0.3, -0.25) is 9.69 Å². The normalized spacial score (nSPS) is 16.9. The fourth-order valence-corrected chi connectivity index (χ4v) is 2.96. The lowest BCUT2D eigenvalue weighted by molar-refractivity contribution is -0.114. The molecule has 0 bridgehead atoms. The largest absolute Gasteiger partial charge is 0.360 e. The van der Waals surface area contributed by atoms with E-state index in [4.69, 9.17) is 20.6 Å². The van der Waals surface area contributed by atoms with Crippen molar-refractivity contribution < 1.29 is 13.8 Å². The highest BCUT2D eigenvalue weighted by molar-refractivity contribution is 6.30. The molecule has 4 rings (SSSR count). The lowest BCUT2D eigenvalue weighted by Gasteiger charge is -2.22. The predicted octanol–water partition coefficient (Wildman–Crippen LogP) is 4.02. The topological polar surface area (TPSA) is 84.4 Å². The van der Waals surface area contributed by atoms with E-state index in [1.807, 2.05) is 18.2 Å². The zero-order valence-corrected chi connectivity index (χ0v) is 14.8. The predicted molar refractivity (Wildman–Crippen MR) is 95.9 cm³/mol. The Hall–Kier alpha value is -3.06. The van der Waals surface area contributed by atoms with Crippen LogP contribution in [0.4, 0.5) is 11.6 Å². The highest BCUT2D eigenvalue weighted by atomic mass is 35.5. The van der Waals surface area contributed by atoms with Crippen LogP contribution in [0, 0.1) is 13.8 Å². The third-order valence-electron chi connectivity index (χ3n) is 4.02. The fourth-order valence-electron chi connectivity index (χ4n) is 2.84. The van der Waals surface area contributed by atoms with Crippen LogP contribution in [0.2, 0.25) is 5.02 Å². The summed E-state index contributed by atoms with van der Waals surface area (Å²) in [7, 11) is 0. The number of nitrogens with zero attached hydrogens (tertiary/aromatic N) is 3. The first-order valence-electron chi connectivity index (χ1n) is 7.96. The van der Waals surface area contributed by atoms with Gasteiger partial charge in [0.25, 0.3) is 5.91 Å². The number of carbonyl (C=O) groups is 1. The van der Waals surface area contributed by atoms with Gasteiger partial charge in [0.1, 0.15) is 17.2 Å². The number of hydrogen-bond donors (Lipinski definition) is 1. The van der Waals surface area contributed by atoms with E-state index in [-0.39, 0.29) is 11.9 Å². The van der Waals surface area contributed by atoms with E-state index in [1.54, 1.807) is 43.0 Å². The Bertz CT molecular complexity index is 990. The minimum Gasteiger partial charge on any atom is -0.360 e. The molecule has 0 saturated heterocycles. The van der Waals surface area contributed by atoms with Crippen LogP contribution in [-0.4, -0.2) is 16.2 Å². The van der Waals surface area contributed by atoms with Gasteiger partial charge in [0, 0.05) is 17.2 Å². The van der Waals surface area contributed by atoms with Crippen LogP contribution in [0.1, 0.15) is 23.1 Å². The number of carbonyl (C=O) groups excluding carboxylic acids is 1. The van der Waals surface area contributed by atoms with E-state index in [1.165, 1.54) is 0 Å². The van der Waals surface area contributed by atoms with Crippen LogP contribution in [0.15, 0.2) is 57.2 Å². The number of aromatic nitrogens is 2. The number of halogens is 1. The van der Waals surface area contributed by atoms with Crippen LogP contribution in [0.5, 0.6) is 0 Å². The van der Waals surface area contributed by atoms with Crippen molar-refractivity contribution in [3.63, 3.8) is 0 Å². The van der Waals surface area contributed by atoms with Gasteiger partial charge in [-0.1, -0.05) is 34.0 Å². The molecular weight excluding hydrogens is 356 g/mol. The monoisotopic (exact) mass is 370 g/mol. The van der Waals surface area contributed by atoms with Crippen molar-refractivity contribution in [2.75, 3.05) is 10.2 Å². The first-order chi connectivity index (χ1) is 12.5. The van der Waals surface area contributed by atoms with Gasteiger partial charge < -0.3 is 14.4 Å². The first kappa shape index (κ1) is 16.4. The second-order valence-corrected chi connectivity index (χ2v) is 6.43. The van der Waals surface area contributed by atoms with Crippen LogP contribution < -0.4 is 10.2 Å². The molecule has 8 heteroatoms. The summed E-state index contributed by atoms with van der Waals surface area (Å²) in [5.74, 6) is 1.94. The number of benzene rings is 1. The van der Waals surface area contributed by atoms with Gasteiger partial charge in [0.15, 0.2) is 11.6 Å². The summed E-state index contributed by atoms with van der Waals surface area (Å²) in [6.45, 7) is 3.56. The molecule has 0 aliphatic carbocycles. The molecule has 132 valence electrons. The summed E-state index contributed by atoms with van der Waals surface area (Å²) < 4.78 is 10.2. The lowest BCUT2D eigenvalue weighted by atomic mass is 10.1. The Morgan fingerprint density at radius 1 is 1.08 bits per heavy atom. The minimum atomic E-state index is -0.347. The molecule has 3 heterocycles. The van der Waals surface area contributed by atoms with Gasteiger partial charge >= 0.3 is 0 Å². The van der Waals surface area contributed by atoms with Crippen LogP contribution in [0.25, 0.3) is 0 Å². The number of anilines is 2. The summed E-state index contributed by atoms with van der Waals surface area (Å²) in [5, 5.41) is 11.5. The van der Waals surface area contributed by atoms with Crippen molar-refractivity contribution >= 4 is 29.1 Å². The zero-order chi connectivity index (χ0) is 18.3. The molecule has 1 aliphatic heterocycles. The lowest BCUT2D eigenvalue weighted by Crippen LogP contribution is -2.31. The molecule has 1 N–H and O–H groups in total. The van der Waals surface area contributed by atoms with Crippen molar-refractivity contribution in [1.29, 1.82) is 0 Å². The van der Waals surface area contributed by atoms with E-state index in [2.05, 4.69) is 15.6 Å². The standard InChI is InChI=1S/C18H15ClN4O3/c1-10-7-16(21-25-10)20-14-9-15(12-3-5-13(19)6-4-12)23(18(14)24)17-8-11(2)26-22-17/h3-9,15H,1-2H3,(H,20,21). The molecule has 0 radical (unpaired) electrons. The molecule has 1 unspecified atom stereocenters. The molecule has 7 nitrogen and oxygen atoms in total. The smallest absolute Gasteiger partial charge is 0.276 e. The van der Waals surface area contributed by atoms with Gasteiger partial charge in [-0.25, -0.2) is 0 Å². The van der Waals surface area contributed by atoms with Gasteiger partial charge in [0.2, 0.25) is 0 Å². The minimum absolute atomic E-state index is 0.237. The maximum atomic E-state index is 13.0. The second kappa shape index (κ2) is 6.34. The fraction of sp³-hybridized carbons (Fsp3) is 0.167. The quantitative estimate of drug-likeness (QED) is 0.746. The van der Waals surface area contributed by atoms with Crippen molar-refractivity contribution in [2.24, 2.45) is 0 Å². The highest BCUT2D eigenvalue weighted by Crippen LogP contribution is 2.36. The van der Waals surface area contributed by atoms with Crippen LogP contribution in [0.3, 0.4) is 0 Å². The Kier molecular flexibility index (Phi) is 4.00. The van der Waals surface area contributed by atoms with Crippen LogP contribution >= 0.6 is 11.6 Å². The molecule has 1 atom stereocenters. The van der Waals surface area contributed by atoms with Gasteiger partial charge in [0.05, 0.1) is 6.04 Å². The van der Waals surface area contributed by atoms with E-state index in [9.17, 15) is 4.79 Å². The molecular formula is C18H15ClN4O3. The number of nitrogens with one attached hydrogen (secondary N) is 1. The van der Waals surface area contributed by atoms with E-state index in [0.29, 0.717) is 33.9 Å². The number of rotatable bonds is 4. The Balaban J connectivity index is 1.72. The molecule has 0 spiro atoms. The number of hydrogen-bond acceptors (Lipinski definition) is 6. The molecule has 1 aromatic carbocycles. The first-order valence-corrected chi connectivity index (χ1v) is 8.33. The molecule has 0 saturated carbocycles. The second-order valence-electron chi connectivity index (χ2n) is 6.00. The van der Waals surface area contributed by atoms with Gasteiger partial charge in [-0.2, -0.15) is 0 Å². The highest BCUT2D eigenvalue weighted by Gasteiger charge is 2.36. The summed E-state index contributed by atoms with van der Waals surface area (Å²) in [4.78, 5) is 14.6. The maximum Gasteiger partial charge on any atom is 0.276 e. The van der Waals surface area contributed by atoms with Crippen molar-refractivity contribution in [3.8, 4) is 0 Å². The maximum absolute atomic E-state index is 13.0. The summed E-state index contributed by atoms with van der Waals surface area (Å²) in [6.07, 6.45) is 1.82. The molecule has 26 heavy (non-hydrogen) atoms. The van der Waals surface area contributed by atoms with Crippen molar-refractivity contribution in [3.05, 3.63) is 70.3 Å². The summed E-state index contributed by atoms with van der Waals surface area (Å²) >= 11 is 5.99.